The molecule has 0 aromatic carbocycles. The molecule has 0 saturated heterocycles. The first-order valence-electron chi connectivity index (χ1n) is 4.02. The number of anilines is 1. The third-order valence-electron chi connectivity index (χ3n) is 1.66. The number of nitrogens with zero attached hydrogens (tertiary/aromatic N) is 1. The molecule has 68 valence electrons. The van der Waals surface area contributed by atoms with Gasteiger partial charge in [0.1, 0.15) is 0 Å². The van der Waals surface area contributed by atoms with Gasteiger partial charge in [-0.3, -0.25) is 0 Å². The van der Waals surface area contributed by atoms with E-state index in [4.69, 9.17) is 0 Å². The fourth-order valence-corrected chi connectivity index (χ4v) is 2.39. The maximum absolute atomic E-state index is 4.20. The summed E-state index contributed by atoms with van der Waals surface area (Å²) in [5.74, 6) is 0. The molecule has 2 aromatic heterocycles. The lowest BCUT2D eigenvalue weighted by atomic mass is 10.5. The molecule has 2 heterocycles. The van der Waals surface area contributed by atoms with Crippen molar-refractivity contribution in [3.63, 3.8) is 0 Å². The summed E-state index contributed by atoms with van der Waals surface area (Å²) in [6, 6.07) is 2.08. The maximum atomic E-state index is 4.20. The van der Waals surface area contributed by atoms with Gasteiger partial charge in [0, 0.05) is 22.1 Å². The first-order chi connectivity index (χ1) is 6.34. The highest BCUT2D eigenvalue weighted by atomic mass is 32.1. The molecule has 0 aliphatic heterocycles. The molecule has 4 heteroatoms. The zero-order valence-electron chi connectivity index (χ0n) is 7.28. The number of aryl methyl sites for hydroxylation is 1. The van der Waals surface area contributed by atoms with Gasteiger partial charge < -0.3 is 5.32 Å². The first kappa shape index (κ1) is 8.72. The summed E-state index contributed by atoms with van der Waals surface area (Å²) in [6.45, 7) is 2.90. The minimum atomic E-state index is 0.877. The van der Waals surface area contributed by atoms with Crippen LogP contribution in [-0.2, 0) is 6.54 Å². The van der Waals surface area contributed by atoms with Crippen molar-refractivity contribution < 1.29 is 0 Å². The molecule has 0 bridgehead atoms. The number of nitrogens with one attached hydrogen (secondary N) is 1. The van der Waals surface area contributed by atoms with Crippen molar-refractivity contribution in [2.45, 2.75) is 13.5 Å². The van der Waals surface area contributed by atoms with E-state index in [0.29, 0.717) is 0 Å². The Labute approximate surface area is 85.3 Å². The van der Waals surface area contributed by atoms with Gasteiger partial charge >= 0.3 is 0 Å². The van der Waals surface area contributed by atoms with E-state index in [-0.39, 0.29) is 0 Å². The average molecular weight is 210 g/mol. The average Bonchev–Trinajstić information content (AvgIpc) is 2.71. The van der Waals surface area contributed by atoms with E-state index in [1.165, 1.54) is 10.6 Å². The van der Waals surface area contributed by atoms with Gasteiger partial charge in [0.05, 0.1) is 11.6 Å². The molecule has 0 atom stereocenters. The van der Waals surface area contributed by atoms with Crippen molar-refractivity contribution in [1.82, 2.24) is 4.98 Å². The van der Waals surface area contributed by atoms with Crippen molar-refractivity contribution in [2.75, 3.05) is 5.32 Å². The molecule has 0 saturated carbocycles. The maximum Gasteiger partial charge on any atom is 0.0897 e. The minimum Gasteiger partial charge on any atom is -0.379 e. The topological polar surface area (TPSA) is 24.9 Å². The van der Waals surface area contributed by atoms with Crippen LogP contribution in [0.2, 0.25) is 0 Å². The Kier molecular flexibility index (Phi) is 2.61. The van der Waals surface area contributed by atoms with E-state index in [1.807, 2.05) is 13.1 Å². The Balaban J connectivity index is 1.93. The molecule has 0 aliphatic carbocycles. The molecule has 2 aromatic rings. The third kappa shape index (κ3) is 2.29. The van der Waals surface area contributed by atoms with E-state index in [1.54, 1.807) is 22.7 Å². The second kappa shape index (κ2) is 3.89. The fourth-order valence-electron chi connectivity index (χ4n) is 1.04. The van der Waals surface area contributed by atoms with Crippen LogP contribution in [0.4, 0.5) is 5.69 Å². The van der Waals surface area contributed by atoms with Gasteiger partial charge in [-0.2, -0.15) is 11.3 Å². The van der Waals surface area contributed by atoms with Crippen LogP contribution in [0.25, 0.3) is 0 Å². The van der Waals surface area contributed by atoms with Gasteiger partial charge in [0.2, 0.25) is 0 Å². The zero-order chi connectivity index (χ0) is 9.10. The van der Waals surface area contributed by atoms with Gasteiger partial charge in [-0.15, -0.1) is 11.3 Å². The second-order valence-corrected chi connectivity index (χ2v) is 4.81. The van der Waals surface area contributed by atoms with Crippen LogP contribution in [0.1, 0.15) is 9.88 Å². The van der Waals surface area contributed by atoms with E-state index in [9.17, 15) is 0 Å². The Morgan fingerprint density at radius 2 is 2.46 bits per heavy atom. The Morgan fingerprint density at radius 1 is 1.54 bits per heavy atom. The molecule has 0 radical (unpaired) electrons. The van der Waals surface area contributed by atoms with Crippen LogP contribution < -0.4 is 5.32 Å². The van der Waals surface area contributed by atoms with Crippen molar-refractivity contribution in [3.8, 4) is 0 Å². The Bertz CT molecular complexity index is 365. The zero-order valence-corrected chi connectivity index (χ0v) is 8.91. The summed E-state index contributed by atoms with van der Waals surface area (Å²) in [5.41, 5.74) is 1.19. The number of thiophene rings is 1. The van der Waals surface area contributed by atoms with E-state index >= 15 is 0 Å². The smallest absolute Gasteiger partial charge is 0.0897 e. The number of thiazole rings is 1. The van der Waals surface area contributed by atoms with Gasteiger partial charge in [-0.05, 0) is 18.4 Å². The molecule has 2 nitrogen and oxygen atoms in total. The third-order valence-corrected chi connectivity index (χ3v) is 3.25. The molecule has 0 fully saturated rings. The molecule has 0 amide bonds. The van der Waals surface area contributed by atoms with Crippen molar-refractivity contribution in [3.05, 3.63) is 32.9 Å². The summed E-state index contributed by atoms with van der Waals surface area (Å²) in [5, 5.41) is 8.64. The summed E-state index contributed by atoms with van der Waals surface area (Å²) in [4.78, 5) is 5.48. The predicted octanol–water partition coefficient (Wildman–Crippen LogP) is 3.13. The van der Waals surface area contributed by atoms with Crippen molar-refractivity contribution >= 4 is 28.4 Å². The molecule has 13 heavy (non-hydrogen) atoms. The van der Waals surface area contributed by atoms with E-state index in [0.717, 1.165) is 11.6 Å². The standard InChI is InChI=1S/C9H10N2S2/c1-7-10-4-9(13-7)5-11-8-2-3-12-6-8/h2-4,6,11H,5H2,1H3. The summed E-state index contributed by atoms with van der Waals surface area (Å²) in [7, 11) is 0. The van der Waals surface area contributed by atoms with Gasteiger partial charge in [0.15, 0.2) is 0 Å². The van der Waals surface area contributed by atoms with Crippen LogP contribution in [0.15, 0.2) is 23.0 Å². The van der Waals surface area contributed by atoms with E-state index < -0.39 is 0 Å². The highest BCUT2D eigenvalue weighted by molar-refractivity contribution is 7.11. The van der Waals surface area contributed by atoms with Crippen molar-refractivity contribution in [2.24, 2.45) is 0 Å². The van der Waals surface area contributed by atoms with Crippen LogP contribution in [0.5, 0.6) is 0 Å². The molecule has 1 N–H and O–H groups in total. The summed E-state index contributed by atoms with van der Waals surface area (Å²) in [6.07, 6.45) is 1.93. The largest absolute Gasteiger partial charge is 0.379 e. The number of rotatable bonds is 3. The van der Waals surface area contributed by atoms with Gasteiger partial charge in [-0.25, -0.2) is 4.98 Å². The lowest BCUT2D eigenvalue weighted by Gasteiger charge is -1.99. The number of hydrogen-bond acceptors (Lipinski definition) is 4. The highest BCUT2D eigenvalue weighted by Gasteiger charge is 1.97. The van der Waals surface area contributed by atoms with E-state index in [2.05, 4.69) is 27.1 Å². The monoisotopic (exact) mass is 210 g/mol. The lowest BCUT2D eigenvalue weighted by molar-refractivity contribution is 1.17. The molecular formula is C9H10N2S2. The van der Waals surface area contributed by atoms with Crippen LogP contribution in [0.3, 0.4) is 0 Å². The molecule has 2 rings (SSSR count). The van der Waals surface area contributed by atoms with Gasteiger partial charge in [0.25, 0.3) is 0 Å². The quantitative estimate of drug-likeness (QED) is 0.842. The molecule has 0 unspecified atom stereocenters. The lowest BCUT2D eigenvalue weighted by Crippen LogP contribution is -1.94. The summed E-state index contributed by atoms with van der Waals surface area (Å²) >= 11 is 3.44. The highest BCUT2D eigenvalue weighted by Crippen LogP contribution is 2.16. The number of aromatic nitrogens is 1. The SMILES string of the molecule is Cc1ncc(CNc2ccsc2)s1. The van der Waals surface area contributed by atoms with Crippen LogP contribution in [0, 0.1) is 6.92 Å². The molecule has 0 spiro atoms. The van der Waals surface area contributed by atoms with Crippen molar-refractivity contribution in [1.29, 1.82) is 0 Å². The fraction of sp³-hybridized carbons (Fsp3) is 0.222. The minimum absolute atomic E-state index is 0.877. The predicted molar refractivity (Wildman–Crippen MR) is 58.5 cm³/mol. The number of hydrogen-bond donors (Lipinski definition) is 1. The molecular weight excluding hydrogens is 200 g/mol. The first-order valence-corrected chi connectivity index (χ1v) is 5.78. The normalized spacial score (nSPS) is 10.2. The second-order valence-electron chi connectivity index (χ2n) is 2.71. The van der Waals surface area contributed by atoms with Crippen LogP contribution >= 0.6 is 22.7 Å². The Morgan fingerprint density at radius 3 is 3.08 bits per heavy atom. The summed E-state index contributed by atoms with van der Waals surface area (Å²) < 4.78 is 0. The molecule has 0 aliphatic rings. The van der Waals surface area contributed by atoms with Gasteiger partial charge in [-0.1, -0.05) is 0 Å². The van der Waals surface area contributed by atoms with Crippen LogP contribution in [-0.4, -0.2) is 4.98 Å². The Hall–Kier alpha value is -0.870.